The predicted molar refractivity (Wildman–Crippen MR) is 76.2 cm³/mol. The molecule has 6 nitrogen and oxygen atoms in total. The zero-order valence-electron chi connectivity index (χ0n) is 11.0. The first kappa shape index (κ1) is 15.7. The third kappa shape index (κ3) is 5.06. The Kier molecular flexibility index (Phi) is 5.59. The normalized spacial score (nSPS) is 13.2. The minimum atomic E-state index is -3.80. The molecule has 0 radical (unpaired) electrons. The Morgan fingerprint density at radius 3 is 2.68 bits per heavy atom. The molecular weight excluding hydrogens is 266 g/mol. The molecule has 0 aliphatic carbocycles. The first-order valence-electron chi connectivity index (χ1n) is 6.11. The number of primary sulfonamides is 1. The summed E-state index contributed by atoms with van der Waals surface area (Å²) in [6.07, 6.45) is 1.69. The number of aliphatic hydroxyl groups is 1. The van der Waals surface area contributed by atoms with Gasteiger partial charge in [-0.25, -0.2) is 13.6 Å². The summed E-state index contributed by atoms with van der Waals surface area (Å²) in [5.74, 6) is 0.242. The average Bonchev–Trinajstić information content (AvgIpc) is 2.34. The third-order valence-corrected chi connectivity index (χ3v) is 3.76. The molecule has 19 heavy (non-hydrogen) atoms. The van der Waals surface area contributed by atoms with Crippen LogP contribution in [0.1, 0.15) is 19.8 Å². The lowest BCUT2D eigenvalue weighted by Gasteiger charge is -2.12. The first-order chi connectivity index (χ1) is 8.84. The van der Waals surface area contributed by atoms with E-state index in [-0.39, 0.29) is 17.4 Å². The summed E-state index contributed by atoms with van der Waals surface area (Å²) < 4.78 is 22.9. The number of hydrogen-bond donors (Lipinski definition) is 4. The molecule has 1 unspecified atom stereocenters. The van der Waals surface area contributed by atoms with Crippen molar-refractivity contribution in [3.63, 3.8) is 0 Å². The second-order valence-corrected chi connectivity index (χ2v) is 6.19. The number of anilines is 2. The van der Waals surface area contributed by atoms with Crippen LogP contribution in [0, 0.1) is 5.92 Å². The summed E-state index contributed by atoms with van der Waals surface area (Å²) in [7, 11) is -3.80. The smallest absolute Gasteiger partial charge is 0.240 e. The second-order valence-electron chi connectivity index (χ2n) is 4.66. The van der Waals surface area contributed by atoms with Crippen LogP contribution in [0.25, 0.3) is 0 Å². The first-order valence-corrected chi connectivity index (χ1v) is 7.66. The van der Waals surface area contributed by atoms with E-state index in [9.17, 15) is 8.42 Å². The van der Waals surface area contributed by atoms with Gasteiger partial charge in [-0.2, -0.15) is 0 Å². The topological polar surface area (TPSA) is 118 Å². The van der Waals surface area contributed by atoms with Crippen molar-refractivity contribution in [3.8, 4) is 0 Å². The molecule has 0 aliphatic rings. The van der Waals surface area contributed by atoms with E-state index in [1.54, 1.807) is 12.1 Å². The summed E-state index contributed by atoms with van der Waals surface area (Å²) in [5, 5.41) is 17.1. The van der Waals surface area contributed by atoms with Crippen LogP contribution >= 0.6 is 0 Å². The Morgan fingerprint density at radius 2 is 2.11 bits per heavy atom. The lowest BCUT2D eigenvalue weighted by atomic mass is 10.1. The third-order valence-electron chi connectivity index (χ3n) is 2.81. The van der Waals surface area contributed by atoms with Crippen molar-refractivity contribution in [1.82, 2.24) is 0 Å². The second kappa shape index (κ2) is 6.74. The molecule has 0 saturated heterocycles. The fourth-order valence-electron chi connectivity index (χ4n) is 1.69. The van der Waals surface area contributed by atoms with Gasteiger partial charge in [0.1, 0.15) is 4.90 Å². The van der Waals surface area contributed by atoms with Gasteiger partial charge < -0.3 is 16.2 Å². The molecule has 108 valence electrons. The standard InChI is InChI=1S/C12H21N3O3S/c1-9(8-16)3-2-6-15-11-5-4-10(13)7-12(11)19(14,17)18/h4-5,7,9,15-16H,2-3,6,8,13H2,1H3,(H2,14,17,18). The van der Waals surface area contributed by atoms with Crippen LogP contribution in [0.4, 0.5) is 11.4 Å². The molecule has 1 aromatic carbocycles. The SMILES string of the molecule is CC(CO)CCCNc1ccc(N)cc1S(N)(=O)=O. The Morgan fingerprint density at radius 1 is 1.42 bits per heavy atom. The van der Waals surface area contributed by atoms with Crippen LogP contribution in [-0.2, 0) is 10.0 Å². The molecule has 0 fully saturated rings. The molecule has 6 N–H and O–H groups in total. The maximum Gasteiger partial charge on any atom is 0.240 e. The molecule has 1 atom stereocenters. The largest absolute Gasteiger partial charge is 0.399 e. The summed E-state index contributed by atoms with van der Waals surface area (Å²) >= 11 is 0. The van der Waals surface area contributed by atoms with Gasteiger partial charge in [0.05, 0.1) is 5.69 Å². The highest BCUT2D eigenvalue weighted by molar-refractivity contribution is 7.89. The predicted octanol–water partition coefficient (Wildman–Crippen LogP) is 0.737. The number of benzene rings is 1. The van der Waals surface area contributed by atoms with E-state index in [4.69, 9.17) is 16.0 Å². The van der Waals surface area contributed by atoms with Crippen molar-refractivity contribution in [3.05, 3.63) is 18.2 Å². The Bertz CT molecular complexity index is 517. The fraction of sp³-hybridized carbons (Fsp3) is 0.500. The average molecular weight is 287 g/mol. The van der Waals surface area contributed by atoms with E-state index in [1.165, 1.54) is 6.07 Å². The molecule has 0 aromatic heterocycles. The van der Waals surface area contributed by atoms with Gasteiger partial charge in [0, 0.05) is 18.8 Å². The highest BCUT2D eigenvalue weighted by Crippen LogP contribution is 2.22. The van der Waals surface area contributed by atoms with Gasteiger partial charge in [-0.3, -0.25) is 0 Å². The molecule has 0 bridgehead atoms. The highest BCUT2D eigenvalue weighted by atomic mass is 32.2. The molecule has 0 heterocycles. The zero-order valence-corrected chi connectivity index (χ0v) is 11.8. The van der Waals surface area contributed by atoms with Crippen LogP contribution in [0.15, 0.2) is 23.1 Å². The molecule has 0 aliphatic heterocycles. The van der Waals surface area contributed by atoms with Gasteiger partial charge in [-0.05, 0) is 37.0 Å². The van der Waals surface area contributed by atoms with Crippen molar-refractivity contribution in [2.45, 2.75) is 24.7 Å². The van der Waals surface area contributed by atoms with Gasteiger partial charge in [0.15, 0.2) is 0 Å². The minimum absolute atomic E-state index is 0.00251. The van der Waals surface area contributed by atoms with Crippen molar-refractivity contribution >= 4 is 21.4 Å². The Balaban J connectivity index is 2.69. The van der Waals surface area contributed by atoms with Crippen LogP contribution in [-0.4, -0.2) is 26.7 Å². The fourth-order valence-corrected chi connectivity index (χ4v) is 2.43. The highest BCUT2D eigenvalue weighted by Gasteiger charge is 2.14. The van der Waals surface area contributed by atoms with E-state index in [2.05, 4.69) is 5.32 Å². The van der Waals surface area contributed by atoms with Crippen molar-refractivity contribution in [2.75, 3.05) is 24.2 Å². The van der Waals surface area contributed by atoms with Crippen molar-refractivity contribution < 1.29 is 13.5 Å². The van der Waals surface area contributed by atoms with E-state index in [0.717, 1.165) is 12.8 Å². The molecular formula is C12H21N3O3S. The number of hydrogen-bond acceptors (Lipinski definition) is 5. The quantitative estimate of drug-likeness (QED) is 0.435. The summed E-state index contributed by atoms with van der Waals surface area (Å²) in [5.41, 5.74) is 6.36. The van der Waals surface area contributed by atoms with Crippen molar-refractivity contribution in [1.29, 1.82) is 0 Å². The number of sulfonamides is 1. The number of nitrogens with two attached hydrogens (primary N) is 2. The van der Waals surface area contributed by atoms with E-state index in [0.29, 0.717) is 17.9 Å². The molecule has 1 rings (SSSR count). The Labute approximate surface area is 113 Å². The molecule has 0 saturated carbocycles. The maximum atomic E-state index is 11.4. The van der Waals surface area contributed by atoms with E-state index >= 15 is 0 Å². The number of aliphatic hydroxyl groups excluding tert-OH is 1. The van der Waals surface area contributed by atoms with Crippen LogP contribution < -0.4 is 16.2 Å². The summed E-state index contributed by atoms with van der Waals surface area (Å²) in [6, 6.07) is 4.56. The van der Waals surface area contributed by atoms with E-state index < -0.39 is 10.0 Å². The monoisotopic (exact) mass is 287 g/mol. The zero-order chi connectivity index (χ0) is 14.5. The van der Waals surface area contributed by atoms with Gasteiger partial charge in [0.2, 0.25) is 10.0 Å². The van der Waals surface area contributed by atoms with Gasteiger partial charge >= 0.3 is 0 Å². The van der Waals surface area contributed by atoms with Gasteiger partial charge in [0.25, 0.3) is 0 Å². The molecule has 1 aromatic rings. The lowest BCUT2D eigenvalue weighted by molar-refractivity contribution is 0.229. The summed E-state index contributed by atoms with van der Waals surface area (Å²) in [6.45, 7) is 2.72. The van der Waals surface area contributed by atoms with Crippen LogP contribution in [0.2, 0.25) is 0 Å². The number of nitrogen functional groups attached to an aromatic ring is 1. The molecule has 0 amide bonds. The van der Waals surface area contributed by atoms with Gasteiger partial charge in [-0.1, -0.05) is 6.92 Å². The van der Waals surface area contributed by atoms with Gasteiger partial charge in [-0.15, -0.1) is 0 Å². The maximum absolute atomic E-state index is 11.4. The van der Waals surface area contributed by atoms with E-state index in [1.807, 2.05) is 6.92 Å². The molecule has 7 heteroatoms. The van der Waals surface area contributed by atoms with Crippen molar-refractivity contribution in [2.24, 2.45) is 11.1 Å². The Hall–Kier alpha value is -1.31. The lowest BCUT2D eigenvalue weighted by Crippen LogP contribution is -2.16. The van der Waals surface area contributed by atoms with Crippen LogP contribution in [0.3, 0.4) is 0 Å². The van der Waals surface area contributed by atoms with Crippen LogP contribution in [0.5, 0.6) is 0 Å². The number of nitrogens with one attached hydrogen (secondary N) is 1. The summed E-state index contributed by atoms with van der Waals surface area (Å²) in [4.78, 5) is 0.00251. The number of rotatable bonds is 7. The minimum Gasteiger partial charge on any atom is -0.399 e. The molecule has 0 spiro atoms.